The molecule has 1 aromatic rings. The lowest BCUT2D eigenvalue weighted by atomic mass is 10.2. The number of nitrogens with two attached hydrogens (primary N) is 1. The molecule has 1 rings (SSSR count). The second-order valence-corrected chi connectivity index (χ2v) is 5.60. The third-order valence-corrected chi connectivity index (χ3v) is 3.76. The molecule has 0 aliphatic rings. The minimum Gasteiger partial charge on any atom is -0.481 e. The standard InChI is InChI=1S/C12H17N3O3S2.2ClH/c13-8(6-11(16)17)12(18)15-4-5-20-7-9-10(19)2-1-3-14-9;;/h1-3,8,19H,4-7,13H2,(H,15,18)(H,16,17);2*1H. The first-order chi connectivity index (χ1) is 9.50. The van der Waals surface area contributed by atoms with Gasteiger partial charge < -0.3 is 16.2 Å². The molecule has 1 heterocycles. The van der Waals surface area contributed by atoms with Gasteiger partial charge in [-0.15, -0.1) is 37.4 Å². The van der Waals surface area contributed by atoms with E-state index in [0.29, 0.717) is 18.1 Å². The average Bonchev–Trinajstić information content (AvgIpc) is 2.39. The highest BCUT2D eigenvalue weighted by Crippen LogP contribution is 2.16. The minimum absolute atomic E-state index is 0. The van der Waals surface area contributed by atoms with Crippen LogP contribution in [0.3, 0.4) is 0 Å². The number of hydrogen-bond acceptors (Lipinski definition) is 6. The lowest BCUT2D eigenvalue weighted by Crippen LogP contribution is -2.42. The van der Waals surface area contributed by atoms with Gasteiger partial charge in [0.15, 0.2) is 0 Å². The van der Waals surface area contributed by atoms with Crippen LogP contribution in [0.5, 0.6) is 0 Å². The maximum Gasteiger partial charge on any atom is 0.305 e. The van der Waals surface area contributed by atoms with E-state index in [9.17, 15) is 9.59 Å². The van der Waals surface area contributed by atoms with E-state index in [0.717, 1.165) is 10.6 Å². The summed E-state index contributed by atoms with van der Waals surface area (Å²) in [7, 11) is 0. The molecule has 1 unspecified atom stereocenters. The highest BCUT2D eigenvalue weighted by atomic mass is 35.5. The molecule has 6 nitrogen and oxygen atoms in total. The fourth-order valence-electron chi connectivity index (χ4n) is 1.37. The Morgan fingerprint density at radius 3 is 2.73 bits per heavy atom. The van der Waals surface area contributed by atoms with Gasteiger partial charge in [0.25, 0.3) is 0 Å². The summed E-state index contributed by atoms with van der Waals surface area (Å²) in [5, 5.41) is 11.1. The number of thioether (sulfide) groups is 1. The first kappa shape index (κ1) is 23.6. The summed E-state index contributed by atoms with van der Waals surface area (Å²) >= 11 is 5.90. The predicted molar refractivity (Wildman–Crippen MR) is 95.4 cm³/mol. The molecule has 1 amide bonds. The smallest absolute Gasteiger partial charge is 0.305 e. The number of nitrogens with zero attached hydrogens (tertiary/aromatic N) is 1. The number of carbonyl (C=O) groups is 2. The fraction of sp³-hybridized carbons (Fsp3) is 0.417. The molecule has 0 fully saturated rings. The number of pyridine rings is 1. The van der Waals surface area contributed by atoms with Crippen LogP contribution in [-0.2, 0) is 15.3 Å². The zero-order chi connectivity index (χ0) is 15.0. The van der Waals surface area contributed by atoms with Crippen LogP contribution in [0, 0.1) is 0 Å². The largest absolute Gasteiger partial charge is 0.481 e. The van der Waals surface area contributed by atoms with E-state index in [1.165, 1.54) is 0 Å². The fourth-order valence-corrected chi connectivity index (χ4v) is 2.51. The molecule has 1 atom stereocenters. The number of nitrogens with one attached hydrogen (secondary N) is 1. The van der Waals surface area contributed by atoms with Crippen molar-refractivity contribution in [2.24, 2.45) is 5.73 Å². The van der Waals surface area contributed by atoms with Gasteiger partial charge in [-0.3, -0.25) is 14.6 Å². The van der Waals surface area contributed by atoms with Crippen LogP contribution >= 0.6 is 49.2 Å². The van der Waals surface area contributed by atoms with Crippen molar-refractivity contribution in [1.82, 2.24) is 10.3 Å². The summed E-state index contributed by atoms with van der Waals surface area (Å²) in [4.78, 5) is 26.9. The van der Waals surface area contributed by atoms with Gasteiger partial charge in [0.05, 0.1) is 18.2 Å². The molecule has 0 saturated carbocycles. The molecule has 0 saturated heterocycles. The highest BCUT2D eigenvalue weighted by molar-refractivity contribution is 7.98. The van der Waals surface area contributed by atoms with Gasteiger partial charge in [-0.1, -0.05) is 0 Å². The summed E-state index contributed by atoms with van der Waals surface area (Å²) in [6, 6.07) is 2.69. The maximum absolute atomic E-state index is 11.4. The van der Waals surface area contributed by atoms with Crippen molar-refractivity contribution in [3.05, 3.63) is 24.0 Å². The van der Waals surface area contributed by atoms with E-state index in [1.807, 2.05) is 12.1 Å². The predicted octanol–water partition coefficient (Wildman–Crippen LogP) is 1.37. The van der Waals surface area contributed by atoms with E-state index in [1.54, 1.807) is 18.0 Å². The van der Waals surface area contributed by atoms with Crippen LogP contribution in [0.2, 0.25) is 0 Å². The van der Waals surface area contributed by atoms with Crippen LogP contribution in [0.25, 0.3) is 0 Å². The molecule has 0 radical (unpaired) electrons. The molecule has 0 aromatic carbocycles. The van der Waals surface area contributed by atoms with Crippen molar-refractivity contribution in [2.45, 2.75) is 23.1 Å². The molecule has 0 aliphatic heterocycles. The number of aromatic nitrogens is 1. The van der Waals surface area contributed by atoms with Gasteiger partial charge in [0.2, 0.25) is 5.91 Å². The molecule has 10 heteroatoms. The number of hydrogen-bond donors (Lipinski definition) is 4. The Balaban J connectivity index is 0. The quantitative estimate of drug-likeness (QED) is 0.396. The van der Waals surface area contributed by atoms with Crippen LogP contribution < -0.4 is 11.1 Å². The second kappa shape index (κ2) is 12.8. The monoisotopic (exact) mass is 387 g/mol. The highest BCUT2D eigenvalue weighted by Gasteiger charge is 2.16. The van der Waals surface area contributed by atoms with E-state index >= 15 is 0 Å². The summed E-state index contributed by atoms with van der Waals surface area (Å²) in [6.07, 6.45) is 1.35. The van der Waals surface area contributed by atoms with Gasteiger partial charge in [0, 0.05) is 29.1 Å². The normalized spacial score (nSPS) is 10.8. The van der Waals surface area contributed by atoms with Crippen molar-refractivity contribution >= 4 is 61.1 Å². The summed E-state index contributed by atoms with van der Waals surface area (Å²) < 4.78 is 0. The second-order valence-electron chi connectivity index (χ2n) is 4.02. The summed E-state index contributed by atoms with van der Waals surface area (Å²) in [6.45, 7) is 0.436. The molecule has 0 spiro atoms. The number of carboxylic acid groups (broad SMARTS) is 1. The number of rotatable bonds is 8. The first-order valence-corrected chi connectivity index (χ1v) is 7.56. The van der Waals surface area contributed by atoms with Gasteiger partial charge in [-0.2, -0.15) is 11.8 Å². The number of halogens is 2. The zero-order valence-electron chi connectivity index (χ0n) is 11.6. The first-order valence-electron chi connectivity index (χ1n) is 5.96. The third-order valence-electron chi connectivity index (χ3n) is 2.38. The van der Waals surface area contributed by atoms with Gasteiger partial charge in [-0.25, -0.2) is 0 Å². The van der Waals surface area contributed by atoms with Gasteiger partial charge >= 0.3 is 5.97 Å². The summed E-state index contributed by atoms with van der Waals surface area (Å²) in [5.74, 6) is -0.134. The SMILES string of the molecule is Cl.Cl.NC(CC(=O)O)C(=O)NCCSCc1ncccc1S. The van der Waals surface area contributed by atoms with Crippen molar-refractivity contribution in [1.29, 1.82) is 0 Å². The topological polar surface area (TPSA) is 105 Å². The number of carboxylic acids is 1. The Morgan fingerprint density at radius 1 is 1.45 bits per heavy atom. The van der Waals surface area contributed by atoms with E-state index in [4.69, 9.17) is 10.8 Å². The molecular weight excluding hydrogens is 369 g/mol. The molecule has 126 valence electrons. The number of carbonyl (C=O) groups excluding carboxylic acids is 1. The minimum atomic E-state index is -1.08. The Labute approximate surface area is 151 Å². The molecule has 4 N–H and O–H groups in total. The number of aliphatic carboxylic acids is 1. The molecule has 0 aliphatic carbocycles. The lowest BCUT2D eigenvalue weighted by Gasteiger charge is -2.10. The van der Waals surface area contributed by atoms with E-state index in [-0.39, 0.29) is 31.2 Å². The van der Waals surface area contributed by atoms with E-state index < -0.39 is 17.9 Å². The maximum atomic E-state index is 11.4. The number of amides is 1. The van der Waals surface area contributed by atoms with Gasteiger partial charge in [-0.05, 0) is 12.1 Å². The Hall–Kier alpha value is -0.670. The average molecular weight is 388 g/mol. The third kappa shape index (κ3) is 9.37. The zero-order valence-corrected chi connectivity index (χ0v) is 14.9. The number of thiol groups is 1. The van der Waals surface area contributed by atoms with Crippen LogP contribution in [0.4, 0.5) is 0 Å². The van der Waals surface area contributed by atoms with Crippen molar-refractivity contribution in [3.8, 4) is 0 Å². The Morgan fingerprint density at radius 2 is 2.14 bits per heavy atom. The Bertz CT molecular complexity index is 481. The van der Waals surface area contributed by atoms with Crippen LogP contribution in [0.15, 0.2) is 23.2 Å². The molecular formula is C12H19Cl2N3O3S2. The molecule has 0 bridgehead atoms. The van der Waals surface area contributed by atoms with Crippen molar-refractivity contribution in [3.63, 3.8) is 0 Å². The lowest BCUT2D eigenvalue weighted by molar-refractivity contribution is -0.139. The van der Waals surface area contributed by atoms with E-state index in [2.05, 4.69) is 22.9 Å². The Kier molecular flexibility index (Phi) is 13.8. The van der Waals surface area contributed by atoms with Crippen molar-refractivity contribution in [2.75, 3.05) is 12.3 Å². The molecule has 1 aromatic heterocycles. The summed E-state index contributed by atoms with van der Waals surface area (Å²) in [5.41, 5.74) is 6.32. The van der Waals surface area contributed by atoms with Crippen LogP contribution in [0.1, 0.15) is 12.1 Å². The molecule has 22 heavy (non-hydrogen) atoms. The van der Waals surface area contributed by atoms with Gasteiger partial charge in [0.1, 0.15) is 0 Å². The van der Waals surface area contributed by atoms with Crippen LogP contribution in [-0.4, -0.2) is 40.3 Å². The van der Waals surface area contributed by atoms with Crippen molar-refractivity contribution < 1.29 is 14.7 Å².